The summed E-state index contributed by atoms with van der Waals surface area (Å²) < 4.78 is 0. The van der Waals surface area contributed by atoms with E-state index < -0.39 is 17.5 Å². The van der Waals surface area contributed by atoms with Crippen molar-refractivity contribution in [2.24, 2.45) is 5.41 Å². The molecular formula is C19H26ClNO4. The number of carbonyl (C=O) groups is 2. The van der Waals surface area contributed by atoms with Gasteiger partial charge in [-0.25, -0.2) is 0 Å². The number of likely N-dealkylation sites (tertiary alicyclic amines) is 1. The zero-order valence-electron chi connectivity index (χ0n) is 14.9. The molecule has 4 atom stereocenters. The molecule has 2 N–H and O–H groups in total. The average Bonchev–Trinajstić information content (AvgIpc) is 2.52. The van der Waals surface area contributed by atoms with Gasteiger partial charge in [-0.3, -0.25) is 9.59 Å². The van der Waals surface area contributed by atoms with Crippen LogP contribution in [0.5, 0.6) is 0 Å². The number of benzene rings is 1. The molecule has 0 aromatic heterocycles. The fourth-order valence-corrected chi connectivity index (χ4v) is 3.94. The van der Waals surface area contributed by atoms with Gasteiger partial charge in [0, 0.05) is 5.02 Å². The summed E-state index contributed by atoms with van der Waals surface area (Å²) in [6, 6.07) is 6.80. The Morgan fingerprint density at radius 1 is 1.40 bits per heavy atom. The van der Waals surface area contributed by atoms with Gasteiger partial charge in [0.25, 0.3) is 0 Å². The van der Waals surface area contributed by atoms with Crippen molar-refractivity contribution in [2.75, 3.05) is 0 Å². The lowest BCUT2D eigenvalue weighted by Crippen LogP contribution is -2.56. The van der Waals surface area contributed by atoms with E-state index in [1.54, 1.807) is 30.9 Å². The molecule has 0 bridgehead atoms. The number of rotatable bonds is 6. The maximum absolute atomic E-state index is 13.3. The van der Waals surface area contributed by atoms with E-state index in [0.29, 0.717) is 24.3 Å². The topological polar surface area (TPSA) is 77.8 Å². The zero-order chi connectivity index (χ0) is 18.8. The minimum Gasteiger partial charge on any atom is -0.481 e. The van der Waals surface area contributed by atoms with Crippen molar-refractivity contribution in [3.63, 3.8) is 0 Å². The summed E-state index contributed by atoms with van der Waals surface area (Å²) in [5.41, 5.74) is 0.00563. The zero-order valence-corrected chi connectivity index (χ0v) is 15.7. The smallest absolute Gasteiger partial charge is 0.304 e. The Kier molecular flexibility index (Phi) is 6.12. The quantitative estimate of drug-likeness (QED) is 0.804. The summed E-state index contributed by atoms with van der Waals surface area (Å²) in [5, 5.41) is 20.1. The van der Waals surface area contributed by atoms with Crippen molar-refractivity contribution >= 4 is 23.5 Å². The van der Waals surface area contributed by atoms with Crippen LogP contribution in [0.15, 0.2) is 24.3 Å². The van der Waals surface area contributed by atoms with Crippen molar-refractivity contribution in [2.45, 2.75) is 64.6 Å². The molecule has 0 radical (unpaired) electrons. The second-order valence-corrected chi connectivity index (χ2v) is 7.60. The Balaban J connectivity index is 2.44. The molecular weight excluding hydrogens is 342 g/mol. The van der Waals surface area contributed by atoms with Crippen LogP contribution in [0.1, 0.15) is 58.1 Å². The van der Waals surface area contributed by atoms with Crippen LogP contribution in [-0.2, 0) is 9.59 Å². The van der Waals surface area contributed by atoms with Crippen LogP contribution < -0.4 is 0 Å². The first-order valence-corrected chi connectivity index (χ1v) is 9.05. The Hall–Kier alpha value is -1.59. The molecule has 1 aromatic carbocycles. The van der Waals surface area contributed by atoms with E-state index in [-0.39, 0.29) is 24.4 Å². The van der Waals surface area contributed by atoms with Gasteiger partial charge >= 0.3 is 5.97 Å². The Morgan fingerprint density at radius 2 is 2.00 bits per heavy atom. The number of nitrogens with zero attached hydrogens (tertiary/aromatic N) is 1. The summed E-state index contributed by atoms with van der Waals surface area (Å²) in [4.78, 5) is 26.2. The lowest BCUT2D eigenvalue weighted by atomic mass is 9.74. The molecule has 1 aromatic rings. The van der Waals surface area contributed by atoms with Crippen molar-refractivity contribution < 1.29 is 19.8 Å². The molecule has 1 heterocycles. The third-order valence-electron chi connectivity index (χ3n) is 5.18. The number of halogens is 1. The second-order valence-electron chi connectivity index (χ2n) is 7.17. The molecule has 1 fully saturated rings. The highest BCUT2D eigenvalue weighted by molar-refractivity contribution is 6.30. The second kappa shape index (κ2) is 7.75. The van der Waals surface area contributed by atoms with Gasteiger partial charge in [-0.05, 0) is 43.9 Å². The largest absolute Gasteiger partial charge is 0.481 e. The van der Waals surface area contributed by atoms with Gasteiger partial charge in [0.15, 0.2) is 0 Å². The number of piperidine rings is 1. The van der Waals surface area contributed by atoms with Crippen molar-refractivity contribution in [3.8, 4) is 0 Å². The van der Waals surface area contributed by atoms with Crippen LogP contribution in [0.4, 0.5) is 0 Å². The average molecular weight is 368 g/mol. The summed E-state index contributed by atoms with van der Waals surface area (Å²) in [6.45, 7) is 5.31. The van der Waals surface area contributed by atoms with Gasteiger partial charge in [-0.2, -0.15) is 0 Å². The van der Waals surface area contributed by atoms with E-state index in [9.17, 15) is 19.8 Å². The minimum absolute atomic E-state index is 0.189. The van der Waals surface area contributed by atoms with E-state index in [4.69, 9.17) is 11.6 Å². The standard InChI is InChI=1S/C19H26ClNO4/c1-4-15(12(2)22)21-16(13-5-7-14(20)8-6-13)9-10-19(3,18(21)25)11-17(23)24/h5-8,12,15-16,22H,4,9-11H2,1-3H3,(H,23,24)/t12-,15?,16?,19-/m1/s1. The Labute approximate surface area is 153 Å². The van der Waals surface area contributed by atoms with Gasteiger partial charge in [0.1, 0.15) is 0 Å². The van der Waals surface area contributed by atoms with Crippen molar-refractivity contribution in [1.29, 1.82) is 0 Å². The minimum atomic E-state index is -0.981. The highest BCUT2D eigenvalue weighted by Gasteiger charge is 2.48. The van der Waals surface area contributed by atoms with Crippen molar-refractivity contribution in [1.82, 2.24) is 4.90 Å². The number of hydrogen-bond acceptors (Lipinski definition) is 3. The fraction of sp³-hybridized carbons (Fsp3) is 0.579. The van der Waals surface area contributed by atoms with E-state index in [0.717, 1.165) is 5.56 Å². The van der Waals surface area contributed by atoms with Gasteiger partial charge in [-0.1, -0.05) is 37.6 Å². The molecule has 1 amide bonds. The van der Waals surface area contributed by atoms with Crippen LogP contribution in [-0.4, -0.2) is 39.1 Å². The highest BCUT2D eigenvalue weighted by Crippen LogP contribution is 2.44. The highest BCUT2D eigenvalue weighted by atomic mass is 35.5. The van der Waals surface area contributed by atoms with Gasteiger partial charge in [-0.15, -0.1) is 0 Å². The number of aliphatic hydroxyl groups is 1. The summed E-state index contributed by atoms with van der Waals surface area (Å²) in [5.74, 6) is -1.18. The molecule has 25 heavy (non-hydrogen) atoms. The molecule has 0 saturated carbocycles. The van der Waals surface area contributed by atoms with Gasteiger partial charge < -0.3 is 15.1 Å². The lowest BCUT2D eigenvalue weighted by Gasteiger charge is -2.48. The summed E-state index contributed by atoms with van der Waals surface area (Å²) in [6.07, 6.45) is 0.845. The van der Waals surface area contributed by atoms with Crippen molar-refractivity contribution in [3.05, 3.63) is 34.9 Å². The molecule has 1 aliphatic heterocycles. The molecule has 1 aliphatic rings. The van der Waals surface area contributed by atoms with Crippen LogP contribution >= 0.6 is 11.6 Å². The number of carboxylic acid groups (broad SMARTS) is 1. The predicted molar refractivity (Wildman–Crippen MR) is 96.4 cm³/mol. The molecule has 0 aliphatic carbocycles. The first-order valence-electron chi connectivity index (χ1n) is 8.67. The molecule has 5 nitrogen and oxygen atoms in total. The van der Waals surface area contributed by atoms with Gasteiger partial charge in [0.2, 0.25) is 5.91 Å². The number of carbonyl (C=O) groups excluding carboxylic acids is 1. The van der Waals surface area contributed by atoms with E-state index in [1.807, 2.05) is 19.1 Å². The molecule has 0 spiro atoms. The molecule has 2 unspecified atom stereocenters. The lowest BCUT2D eigenvalue weighted by molar-refractivity contribution is -0.161. The van der Waals surface area contributed by atoms with Crippen LogP contribution in [0, 0.1) is 5.41 Å². The van der Waals surface area contributed by atoms with E-state index >= 15 is 0 Å². The maximum Gasteiger partial charge on any atom is 0.304 e. The first kappa shape index (κ1) is 19.7. The summed E-state index contributed by atoms with van der Waals surface area (Å²) in [7, 11) is 0. The van der Waals surface area contributed by atoms with Crippen LogP contribution in [0.3, 0.4) is 0 Å². The monoisotopic (exact) mass is 367 g/mol. The Morgan fingerprint density at radius 3 is 2.48 bits per heavy atom. The number of carboxylic acids is 1. The molecule has 6 heteroatoms. The molecule has 1 saturated heterocycles. The third kappa shape index (κ3) is 4.15. The third-order valence-corrected chi connectivity index (χ3v) is 5.44. The first-order chi connectivity index (χ1) is 11.7. The number of amides is 1. The molecule has 138 valence electrons. The number of aliphatic carboxylic acids is 1. The molecule has 2 rings (SSSR count). The fourth-order valence-electron chi connectivity index (χ4n) is 3.82. The van der Waals surface area contributed by atoms with E-state index in [2.05, 4.69) is 0 Å². The predicted octanol–water partition coefficient (Wildman–Crippen LogP) is 3.64. The number of aliphatic hydroxyl groups excluding tert-OH is 1. The Bertz CT molecular complexity index is 631. The maximum atomic E-state index is 13.3. The van der Waals surface area contributed by atoms with Gasteiger partial charge in [0.05, 0.1) is 30.0 Å². The summed E-state index contributed by atoms with van der Waals surface area (Å²) >= 11 is 5.97. The normalized spacial score (nSPS) is 26.4. The SMILES string of the molecule is CCC([C@@H](C)O)N1C(=O)[C@@](C)(CC(=O)O)CCC1c1ccc(Cl)cc1. The van der Waals surface area contributed by atoms with Crippen LogP contribution in [0.2, 0.25) is 5.02 Å². The van der Waals surface area contributed by atoms with E-state index in [1.165, 1.54) is 0 Å². The number of hydrogen-bond donors (Lipinski definition) is 2. The van der Waals surface area contributed by atoms with Crippen LogP contribution in [0.25, 0.3) is 0 Å².